The molecule has 0 atom stereocenters. The van der Waals surface area contributed by atoms with Crippen LogP contribution in [-0.2, 0) is 4.74 Å². The van der Waals surface area contributed by atoms with E-state index in [0.29, 0.717) is 54.3 Å². The van der Waals surface area contributed by atoms with Gasteiger partial charge in [-0.05, 0) is 30.3 Å². The van der Waals surface area contributed by atoms with Gasteiger partial charge in [0.15, 0.2) is 16.6 Å². The largest absolute Gasteiger partial charge is 0.493 e. The van der Waals surface area contributed by atoms with Gasteiger partial charge in [0.05, 0.1) is 38.7 Å². The van der Waals surface area contributed by atoms with Crippen molar-refractivity contribution >= 4 is 28.2 Å². The first-order valence-electron chi connectivity index (χ1n) is 9.46. The Bertz CT molecular complexity index is 1030. The average Bonchev–Trinajstić information content (AvgIpc) is 3.27. The van der Waals surface area contributed by atoms with Gasteiger partial charge in [0.25, 0.3) is 5.91 Å². The highest BCUT2D eigenvalue weighted by atomic mass is 32.1. The van der Waals surface area contributed by atoms with Crippen LogP contribution in [0.25, 0.3) is 11.3 Å². The van der Waals surface area contributed by atoms with Gasteiger partial charge in [-0.2, -0.15) is 0 Å². The van der Waals surface area contributed by atoms with Crippen LogP contribution >= 0.6 is 11.3 Å². The molecule has 0 saturated carbocycles. The number of carbonyl (C=O) groups excluding carboxylic acids is 1. The maximum Gasteiger partial charge on any atom is 0.261 e. The fourth-order valence-electron chi connectivity index (χ4n) is 3.23. The Labute approximate surface area is 178 Å². The number of amides is 1. The predicted octanol–water partition coefficient (Wildman–Crippen LogP) is 3.31. The molecule has 0 unspecified atom stereocenters. The zero-order valence-electron chi connectivity index (χ0n) is 16.8. The van der Waals surface area contributed by atoms with E-state index in [9.17, 15) is 4.79 Å². The van der Waals surface area contributed by atoms with Crippen molar-refractivity contribution in [1.82, 2.24) is 9.97 Å². The summed E-state index contributed by atoms with van der Waals surface area (Å²) in [7, 11) is 3.19. The maximum absolute atomic E-state index is 12.9. The number of hydrogen-bond acceptors (Lipinski definition) is 8. The van der Waals surface area contributed by atoms with E-state index in [2.05, 4.69) is 20.2 Å². The number of hydrogen-bond donors (Lipinski definition) is 1. The van der Waals surface area contributed by atoms with E-state index in [1.54, 1.807) is 32.5 Å². The normalized spacial score (nSPS) is 13.7. The highest BCUT2D eigenvalue weighted by Gasteiger charge is 2.21. The number of benzene rings is 1. The second-order valence-electron chi connectivity index (χ2n) is 6.54. The Kier molecular flexibility index (Phi) is 6.10. The molecule has 156 valence electrons. The van der Waals surface area contributed by atoms with Gasteiger partial charge < -0.3 is 19.1 Å². The van der Waals surface area contributed by atoms with Crippen LogP contribution in [0.5, 0.6) is 11.5 Å². The van der Waals surface area contributed by atoms with Crippen LogP contribution in [0, 0.1) is 0 Å². The SMILES string of the molecule is COc1ccc(-c2csc(NC(=O)c3cccnc3N3CCOCC3)n2)cc1OC. The minimum Gasteiger partial charge on any atom is -0.493 e. The van der Waals surface area contributed by atoms with Crippen molar-refractivity contribution in [3.8, 4) is 22.8 Å². The van der Waals surface area contributed by atoms with Crippen LogP contribution < -0.4 is 19.7 Å². The highest BCUT2D eigenvalue weighted by molar-refractivity contribution is 7.14. The van der Waals surface area contributed by atoms with Gasteiger partial charge in [-0.1, -0.05) is 0 Å². The highest BCUT2D eigenvalue weighted by Crippen LogP contribution is 2.33. The molecule has 3 aromatic rings. The van der Waals surface area contributed by atoms with Gasteiger partial charge in [0.1, 0.15) is 5.82 Å². The first-order chi connectivity index (χ1) is 14.7. The van der Waals surface area contributed by atoms with Gasteiger partial charge >= 0.3 is 0 Å². The summed E-state index contributed by atoms with van der Waals surface area (Å²) < 4.78 is 16.0. The van der Waals surface area contributed by atoms with Gasteiger partial charge in [0, 0.05) is 30.2 Å². The van der Waals surface area contributed by atoms with E-state index in [0.717, 1.165) is 11.3 Å². The van der Waals surface area contributed by atoms with Crippen LogP contribution in [0.4, 0.5) is 10.9 Å². The summed E-state index contributed by atoms with van der Waals surface area (Å²) in [5.74, 6) is 1.70. The second kappa shape index (κ2) is 9.10. The lowest BCUT2D eigenvalue weighted by molar-refractivity contribution is 0.102. The third-order valence-corrected chi connectivity index (χ3v) is 5.50. The monoisotopic (exact) mass is 426 g/mol. The number of pyridine rings is 1. The van der Waals surface area contributed by atoms with E-state index in [1.165, 1.54) is 11.3 Å². The lowest BCUT2D eigenvalue weighted by atomic mass is 10.1. The summed E-state index contributed by atoms with van der Waals surface area (Å²) in [5.41, 5.74) is 2.14. The Balaban J connectivity index is 1.53. The average molecular weight is 426 g/mol. The smallest absolute Gasteiger partial charge is 0.261 e. The maximum atomic E-state index is 12.9. The summed E-state index contributed by atoms with van der Waals surface area (Å²) in [5, 5.41) is 5.30. The van der Waals surface area contributed by atoms with Crippen LogP contribution in [0.2, 0.25) is 0 Å². The predicted molar refractivity (Wildman–Crippen MR) is 116 cm³/mol. The molecule has 30 heavy (non-hydrogen) atoms. The number of nitrogens with one attached hydrogen (secondary N) is 1. The number of rotatable bonds is 6. The Morgan fingerprint density at radius 3 is 2.73 bits per heavy atom. The van der Waals surface area contributed by atoms with Gasteiger partial charge in [-0.15, -0.1) is 11.3 Å². The van der Waals surface area contributed by atoms with Crippen LogP contribution in [0.1, 0.15) is 10.4 Å². The first-order valence-corrected chi connectivity index (χ1v) is 10.3. The van der Waals surface area contributed by atoms with Crippen molar-refractivity contribution < 1.29 is 19.0 Å². The zero-order valence-corrected chi connectivity index (χ0v) is 17.6. The molecular weight excluding hydrogens is 404 g/mol. The quantitative estimate of drug-likeness (QED) is 0.647. The molecule has 1 aromatic carbocycles. The molecule has 1 amide bonds. The van der Waals surface area contributed by atoms with E-state index in [1.807, 2.05) is 23.6 Å². The fraction of sp³-hybridized carbons (Fsp3) is 0.286. The molecule has 8 nitrogen and oxygen atoms in total. The topological polar surface area (TPSA) is 85.8 Å². The van der Waals surface area contributed by atoms with Crippen molar-refractivity contribution in [2.75, 3.05) is 50.7 Å². The molecule has 0 bridgehead atoms. The fourth-order valence-corrected chi connectivity index (χ4v) is 3.94. The van der Waals surface area contributed by atoms with Crippen molar-refractivity contribution in [1.29, 1.82) is 0 Å². The Morgan fingerprint density at radius 2 is 1.97 bits per heavy atom. The second-order valence-corrected chi connectivity index (χ2v) is 7.39. The molecule has 3 heterocycles. The number of thiazole rings is 1. The van der Waals surface area contributed by atoms with E-state index in [-0.39, 0.29) is 5.91 Å². The lowest BCUT2D eigenvalue weighted by Gasteiger charge is -2.29. The number of carbonyl (C=O) groups is 1. The van der Waals surface area contributed by atoms with Crippen molar-refractivity contribution in [2.24, 2.45) is 0 Å². The zero-order chi connectivity index (χ0) is 20.9. The third-order valence-electron chi connectivity index (χ3n) is 4.75. The molecular formula is C21H22N4O4S. The van der Waals surface area contributed by atoms with Crippen molar-refractivity contribution in [3.63, 3.8) is 0 Å². The van der Waals surface area contributed by atoms with E-state index < -0.39 is 0 Å². The number of methoxy groups -OCH3 is 2. The molecule has 0 radical (unpaired) electrons. The molecule has 1 aliphatic heterocycles. The Morgan fingerprint density at radius 1 is 1.17 bits per heavy atom. The number of aromatic nitrogens is 2. The minimum atomic E-state index is -0.238. The van der Waals surface area contributed by atoms with Gasteiger partial charge in [0.2, 0.25) is 0 Å². The number of anilines is 2. The summed E-state index contributed by atoms with van der Waals surface area (Å²) >= 11 is 1.36. The van der Waals surface area contributed by atoms with Crippen molar-refractivity contribution in [3.05, 3.63) is 47.5 Å². The summed E-state index contributed by atoms with van der Waals surface area (Å²) in [6.07, 6.45) is 1.69. The molecule has 1 N–H and O–H groups in total. The number of nitrogens with zero attached hydrogens (tertiary/aromatic N) is 3. The minimum absolute atomic E-state index is 0.238. The van der Waals surface area contributed by atoms with Crippen LogP contribution in [-0.4, -0.2) is 56.4 Å². The first kappa shape index (κ1) is 20.1. The van der Waals surface area contributed by atoms with E-state index in [4.69, 9.17) is 14.2 Å². The molecule has 2 aromatic heterocycles. The summed E-state index contributed by atoms with van der Waals surface area (Å²) in [6, 6.07) is 9.12. The van der Waals surface area contributed by atoms with Crippen LogP contribution in [0.3, 0.4) is 0 Å². The molecule has 9 heteroatoms. The van der Waals surface area contributed by atoms with Crippen LogP contribution in [0.15, 0.2) is 41.9 Å². The molecule has 1 saturated heterocycles. The standard InChI is InChI=1S/C21H22N4O4S/c1-27-17-6-5-14(12-18(17)28-2)16-13-30-21(23-16)24-20(26)15-4-3-7-22-19(15)25-8-10-29-11-9-25/h3-7,12-13H,8-11H2,1-2H3,(H,23,24,26). The molecule has 4 rings (SSSR count). The lowest BCUT2D eigenvalue weighted by Crippen LogP contribution is -2.38. The summed E-state index contributed by atoms with van der Waals surface area (Å²) in [4.78, 5) is 24.0. The van der Waals surface area contributed by atoms with Crippen molar-refractivity contribution in [2.45, 2.75) is 0 Å². The molecule has 1 aliphatic rings. The van der Waals surface area contributed by atoms with Gasteiger partial charge in [-0.3, -0.25) is 10.1 Å². The van der Waals surface area contributed by atoms with Gasteiger partial charge in [-0.25, -0.2) is 9.97 Å². The molecule has 1 fully saturated rings. The molecule has 0 aliphatic carbocycles. The summed E-state index contributed by atoms with van der Waals surface area (Å²) in [6.45, 7) is 2.66. The number of morpholine rings is 1. The number of ether oxygens (including phenoxy) is 3. The third kappa shape index (κ3) is 4.22. The molecule has 0 spiro atoms. The Hall–Kier alpha value is -3.17. The van der Waals surface area contributed by atoms with E-state index >= 15 is 0 Å².